The van der Waals surface area contributed by atoms with Gasteiger partial charge in [0.25, 0.3) is 0 Å². The number of aliphatic hydroxyl groups is 3. The topological polar surface area (TPSA) is 237 Å². The Labute approximate surface area is 347 Å². The number of benzene rings is 2. The Bertz CT molecular complexity index is 1990. The number of phenolic OH excluding ortho intramolecular Hbond substituents is 2. The molecule has 3 heterocycles. The van der Waals surface area contributed by atoms with Crippen molar-refractivity contribution >= 4 is 23.3 Å². The Morgan fingerprint density at radius 3 is 2.12 bits per heavy atom. The second-order valence-electron chi connectivity index (χ2n) is 17.0. The highest BCUT2D eigenvalue weighted by molar-refractivity contribution is 6.30. The smallest absolute Gasteiger partial charge is 0.316 e. The molecular formula is C43H55NO16. The molecule has 0 spiro atoms. The molecule has 7 rings (SSSR count). The molecule has 328 valence electrons. The molecule has 5 aliphatic rings. The van der Waals surface area contributed by atoms with E-state index in [1.165, 1.54) is 31.2 Å². The molecule has 3 saturated heterocycles. The molecule has 5 N–H and O–H groups in total. The van der Waals surface area contributed by atoms with Crippen LogP contribution in [-0.2, 0) is 42.7 Å². The standard InChI is InChI=1S/C43H55NO16/c1-18(45)16-43(53)17-29(34-23(36(43)42(52)54-7)13-24-35(39(34)51)38(50)33-22(37(24)49)9-8-10-27(33)47)58-31-14-25(44(5)6)40(20(3)56-31)60-32-15-28(48)41(21(4)57-32)59-30-12-11-26(46)19(2)55-30/h8-10,13,19-21,25-26,28-32,36,40-41,46-48,51,53H,11-12,14-17H2,1-7H3/t19?,20?,21?,25?,26?,28?,29-,30?,31?,32?,36-,40?,41?,43?/m0/s1. The summed E-state index contributed by atoms with van der Waals surface area (Å²) in [5.41, 5.74) is -3.33. The Morgan fingerprint density at radius 1 is 0.833 bits per heavy atom. The number of fused-ring (bicyclic) bond motifs is 3. The first-order valence-corrected chi connectivity index (χ1v) is 20.4. The third-order valence-electron chi connectivity index (χ3n) is 12.5. The Morgan fingerprint density at radius 2 is 1.48 bits per heavy atom. The van der Waals surface area contributed by atoms with Crippen LogP contribution < -0.4 is 0 Å². The molecule has 3 fully saturated rings. The fourth-order valence-electron chi connectivity index (χ4n) is 9.63. The van der Waals surface area contributed by atoms with E-state index in [2.05, 4.69) is 0 Å². The Hall–Kier alpha value is -3.88. The van der Waals surface area contributed by atoms with E-state index < -0.39 is 132 Å². The van der Waals surface area contributed by atoms with E-state index in [0.29, 0.717) is 12.8 Å². The highest BCUT2D eigenvalue weighted by Crippen LogP contribution is 2.54. The molecule has 2 aromatic carbocycles. The van der Waals surface area contributed by atoms with Gasteiger partial charge in [-0.1, -0.05) is 12.1 Å². The SMILES string of the molecule is COC(=O)[C@@H]1c2cc3c(c(O)c2[C@@H](OC2CC(N(C)C)C(OC4CC(O)C(OC5CCC(O)C(C)O5)C(C)O4)C(C)O2)CC1(O)CC(C)=O)C(=O)c1c(O)cccc1C3=O. The van der Waals surface area contributed by atoms with Crippen LogP contribution in [0.15, 0.2) is 24.3 Å². The number of likely N-dealkylation sites (N-methyl/N-ethyl adjacent to an activating group) is 1. The lowest BCUT2D eigenvalue weighted by atomic mass is 9.66. The third kappa shape index (κ3) is 8.12. The van der Waals surface area contributed by atoms with Gasteiger partial charge in [-0.05, 0) is 65.9 Å². The molecule has 0 saturated carbocycles. The van der Waals surface area contributed by atoms with Crippen molar-refractivity contribution in [2.75, 3.05) is 21.2 Å². The van der Waals surface area contributed by atoms with Crippen molar-refractivity contribution in [1.29, 1.82) is 0 Å². The van der Waals surface area contributed by atoms with Gasteiger partial charge in [-0.15, -0.1) is 0 Å². The summed E-state index contributed by atoms with van der Waals surface area (Å²) in [5, 5.41) is 56.1. The minimum absolute atomic E-state index is 0.0661. The summed E-state index contributed by atoms with van der Waals surface area (Å²) in [6.45, 7) is 6.57. The number of carbonyl (C=O) groups excluding carboxylic acids is 4. The van der Waals surface area contributed by atoms with Crippen LogP contribution in [0, 0.1) is 0 Å². The van der Waals surface area contributed by atoms with Crippen molar-refractivity contribution in [3.05, 3.63) is 57.6 Å². The van der Waals surface area contributed by atoms with Crippen molar-refractivity contribution in [1.82, 2.24) is 4.90 Å². The van der Waals surface area contributed by atoms with Gasteiger partial charge in [0.1, 0.15) is 35.4 Å². The molecular weight excluding hydrogens is 786 g/mol. The lowest BCUT2D eigenvalue weighted by molar-refractivity contribution is -0.328. The molecule has 12 unspecified atom stereocenters. The number of aromatic hydroxyl groups is 2. The van der Waals surface area contributed by atoms with Crippen LogP contribution in [0.25, 0.3) is 0 Å². The van der Waals surface area contributed by atoms with E-state index >= 15 is 0 Å². The summed E-state index contributed by atoms with van der Waals surface area (Å²) >= 11 is 0. The Balaban J connectivity index is 1.16. The van der Waals surface area contributed by atoms with Crippen molar-refractivity contribution in [2.45, 2.75) is 151 Å². The highest BCUT2D eigenvalue weighted by Gasteiger charge is 2.55. The van der Waals surface area contributed by atoms with Crippen LogP contribution in [0.2, 0.25) is 0 Å². The minimum Gasteiger partial charge on any atom is -0.507 e. The summed E-state index contributed by atoms with van der Waals surface area (Å²) in [5.74, 6) is -5.65. The number of hydrogen-bond acceptors (Lipinski definition) is 17. The number of aliphatic hydroxyl groups excluding tert-OH is 2. The number of nitrogens with zero attached hydrogens (tertiary/aromatic N) is 1. The molecule has 17 nitrogen and oxygen atoms in total. The number of ketones is 3. The van der Waals surface area contributed by atoms with Crippen LogP contribution in [0.1, 0.15) is 121 Å². The van der Waals surface area contributed by atoms with Crippen LogP contribution in [0.3, 0.4) is 0 Å². The number of methoxy groups -OCH3 is 1. The van der Waals surface area contributed by atoms with Gasteiger partial charge in [-0.3, -0.25) is 19.2 Å². The Kier molecular flexibility index (Phi) is 12.6. The van der Waals surface area contributed by atoms with Crippen molar-refractivity contribution < 1.29 is 77.9 Å². The molecule has 17 heteroatoms. The lowest BCUT2D eigenvalue weighted by Gasteiger charge is -2.48. The average molecular weight is 842 g/mol. The number of phenols is 2. The number of hydrogen-bond donors (Lipinski definition) is 5. The van der Waals surface area contributed by atoms with Gasteiger partial charge < -0.3 is 63.6 Å². The summed E-state index contributed by atoms with van der Waals surface area (Å²) < 4.78 is 42.7. The molecule has 0 amide bonds. The van der Waals surface area contributed by atoms with Gasteiger partial charge in [0.05, 0.1) is 60.5 Å². The zero-order valence-electron chi connectivity index (χ0n) is 34.7. The maximum Gasteiger partial charge on any atom is 0.316 e. The third-order valence-corrected chi connectivity index (χ3v) is 12.5. The van der Waals surface area contributed by atoms with Crippen molar-refractivity contribution in [3.8, 4) is 11.5 Å². The first-order valence-electron chi connectivity index (χ1n) is 20.4. The normalized spacial score (nSPS) is 36.6. The van der Waals surface area contributed by atoms with E-state index in [4.69, 9.17) is 33.2 Å². The first kappa shape index (κ1) is 44.2. The van der Waals surface area contributed by atoms with E-state index in [1.54, 1.807) is 20.8 Å². The van der Waals surface area contributed by atoms with Crippen LogP contribution in [-0.4, -0.2) is 148 Å². The molecule has 2 aromatic rings. The maximum absolute atomic E-state index is 14.0. The number of esters is 1. The van der Waals surface area contributed by atoms with E-state index in [-0.39, 0.29) is 46.7 Å². The molecule has 0 bridgehead atoms. The number of carbonyl (C=O) groups is 4. The van der Waals surface area contributed by atoms with E-state index in [0.717, 1.165) is 7.11 Å². The van der Waals surface area contributed by atoms with Gasteiger partial charge in [0, 0.05) is 54.8 Å². The van der Waals surface area contributed by atoms with Gasteiger partial charge in [0.15, 0.2) is 24.7 Å². The van der Waals surface area contributed by atoms with Crippen LogP contribution in [0.5, 0.6) is 11.5 Å². The fourth-order valence-corrected chi connectivity index (χ4v) is 9.63. The van der Waals surface area contributed by atoms with Gasteiger partial charge >= 0.3 is 5.97 Å². The van der Waals surface area contributed by atoms with Crippen LogP contribution >= 0.6 is 0 Å². The largest absolute Gasteiger partial charge is 0.507 e. The first-order chi connectivity index (χ1) is 28.3. The second-order valence-corrected chi connectivity index (χ2v) is 17.0. The molecule has 60 heavy (non-hydrogen) atoms. The average Bonchev–Trinajstić information content (AvgIpc) is 3.16. The molecule has 14 atom stereocenters. The van der Waals surface area contributed by atoms with Crippen molar-refractivity contribution in [2.24, 2.45) is 0 Å². The molecule has 2 aliphatic carbocycles. The van der Waals surface area contributed by atoms with Gasteiger partial charge in [-0.25, -0.2) is 0 Å². The molecule has 3 aliphatic heterocycles. The summed E-state index contributed by atoms with van der Waals surface area (Å²) in [6, 6.07) is 4.88. The zero-order valence-corrected chi connectivity index (χ0v) is 34.7. The van der Waals surface area contributed by atoms with Gasteiger partial charge in [0.2, 0.25) is 5.78 Å². The summed E-state index contributed by atoms with van der Waals surface area (Å²) in [6.07, 6.45) is -7.97. The van der Waals surface area contributed by atoms with E-state index in [9.17, 15) is 44.7 Å². The number of rotatable bonds is 10. The summed E-state index contributed by atoms with van der Waals surface area (Å²) in [4.78, 5) is 55.9. The summed E-state index contributed by atoms with van der Waals surface area (Å²) in [7, 11) is 4.79. The lowest BCUT2D eigenvalue weighted by Crippen LogP contribution is -2.58. The number of Topliss-reactive ketones (excluding diaryl/α,β-unsaturated/α-hetero) is 1. The van der Waals surface area contributed by atoms with Crippen LogP contribution in [0.4, 0.5) is 0 Å². The minimum atomic E-state index is -2.12. The second kappa shape index (κ2) is 17.1. The predicted octanol–water partition coefficient (Wildman–Crippen LogP) is 2.52. The highest BCUT2D eigenvalue weighted by atomic mass is 16.7. The van der Waals surface area contributed by atoms with Gasteiger partial charge in [-0.2, -0.15) is 0 Å². The quantitative estimate of drug-likeness (QED) is 0.184. The van der Waals surface area contributed by atoms with E-state index in [1.807, 2.05) is 19.0 Å². The fraction of sp³-hybridized carbons (Fsp3) is 0.628. The number of ether oxygens (including phenoxy) is 7. The molecule has 0 radical (unpaired) electrons. The van der Waals surface area contributed by atoms with Crippen molar-refractivity contribution in [3.63, 3.8) is 0 Å². The maximum atomic E-state index is 14.0. The predicted molar refractivity (Wildman–Crippen MR) is 207 cm³/mol. The molecule has 0 aromatic heterocycles. The monoisotopic (exact) mass is 841 g/mol. The zero-order chi connectivity index (χ0) is 43.5.